The molecular weight excluding hydrogens is 216 g/mol. The Balaban J connectivity index is 3.60. The van der Waals surface area contributed by atoms with Gasteiger partial charge in [0.25, 0.3) is 0 Å². The van der Waals surface area contributed by atoms with Crippen LogP contribution < -0.4 is 0 Å². The minimum Gasteiger partial charge on any atom is -0.349 e. The Labute approximate surface area is 105 Å². The summed E-state index contributed by atoms with van der Waals surface area (Å²) in [7, 11) is 5.37. The molecule has 0 atom stereocenters. The first kappa shape index (κ1) is 15.9. The molecule has 0 saturated heterocycles. The van der Waals surface area contributed by atoms with Crippen molar-refractivity contribution < 1.29 is 9.59 Å². The van der Waals surface area contributed by atoms with Crippen LogP contribution in [0.3, 0.4) is 0 Å². The summed E-state index contributed by atoms with van der Waals surface area (Å²) < 4.78 is 0. The molecule has 0 spiro atoms. The van der Waals surface area contributed by atoms with E-state index in [2.05, 4.69) is 6.92 Å². The third-order valence-electron chi connectivity index (χ3n) is 2.80. The van der Waals surface area contributed by atoms with Crippen molar-refractivity contribution in [2.24, 2.45) is 0 Å². The van der Waals surface area contributed by atoms with Crippen molar-refractivity contribution in [2.45, 2.75) is 45.4 Å². The molecule has 17 heavy (non-hydrogen) atoms. The number of nitrogens with zero attached hydrogens (tertiary/aromatic N) is 2. The standard InChI is InChI=1S/C13H26N2O2/c1-5-6-9-13(17)15(4)11-8-7-10-12(16)14(2)3/h5-11H2,1-4H3. The van der Waals surface area contributed by atoms with Gasteiger partial charge in [-0.2, -0.15) is 0 Å². The van der Waals surface area contributed by atoms with Gasteiger partial charge in [-0.1, -0.05) is 13.3 Å². The lowest BCUT2D eigenvalue weighted by atomic mass is 10.2. The fourth-order valence-electron chi connectivity index (χ4n) is 1.49. The first-order valence-corrected chi connectivity index (χ1v) is 6.43. The molecule has 4 heteroatoms. The first-order valence-electron chi connectivity index (χ1n) is 6.43. The number of amides is 2. The predicted octanol–water partition coefficient (Wildman–Crippen LogP) is 1.89. The molecule has 0 unspecified atom stereocenters. The highest BCUT2D eigenvalue weighted by Crippen LogP contribution is 2.03. The Morgan fingerprint density at radius 1 is 0.882 bits per heavy atom. The summed E-state index contributed by atoms with van der Waals surface area (Å²) in [4.78, 5) is 26.3. The fourth-order valence-corrected chi connectivity index (χ4v) is 1.49. The highest BCUT2D eigenvalue weighted by Gasteiger charge is 2.08. The van der Waals surface area contributed by atoms with Crippen molar-refractivity contribution in [3.05, 3.63) is 0 Å². The van der Waals surface area contributed by atoms with Crippen LogP contribution in [0.15, 0.2) is 0 Å². The maximum Gasteiger partial charge on any atom is 0.222 e. The van der Waals surface area contributed by atoms with Gasteiger partial charge < -0.3 is 9.80 Å². The van der Waals surface area contributed by atoms with E-state index < -0.39 is 0 Å². The highest BCUT2D eigenvalue weighted by molar-refractivity contribution is 5.76. The van der Waals surface area contributed by atoms with Crippen LogP contribution in [0, 0.1) is 0 Å². The molecule has 0 aromatic rings. The van der Waals surface area contributed by atoms with Crippen molar-refractivity contribution >= 4 is 11.8 Å². The molecule has 4 nitrogen and oxygen atoms in total. The van der Waals surface area contributed by atoms with Crippen LogP contribution in [0.25, 0.3) is 0 Å². The van der Waals surface area contributed by atoms with Gasteiger partial charge in [-0.3, -0.25) is 9.59 Å². The van der Waals surface area contributed by atoms with Gasteiger partial charge in [0, 0.05) is 40.5 Å². The zero-order chi connectivity index (χ0) is 13.3. The smallest absolute Gasteiger partial charge is 0.222 e. The molecule has 0 aliphatic rings. The summed E-state index contributed by atoms with van der Waals surface area (Å²) in [6, 6.07) is 0. The molecule has 0 saturated carbocycles. The maximum atomic E-state index is 11.6. The topological polar surface area (TPSA) is 40.6 Å². The van der Waals surface area contributed by atoms with E-state index in [0.717, 1.165) is 32.2 Å². The van der Waals surface area contributed by atoms with E-state index in [-0.39, 0.29) is 11.8 Å². The van der Waals surface area contributed by atoms with Crippen LogP contribution in [-0.4, -0.2) is 49.3 Å². The molecule has 2 amide bonds. The van der Waals surface area contributed by atoms with E-state index >= 15 is 0 Å². The number of hydrogen-bond acceptors (Lipinski definition) is 2. The van der Waals surface area contributed by atoms with Crippen molar-refractivity contribution in [3.63, 3.8) is 0 Å². The molecule has 0 aromatic carbocycles. The average Bonchev–Trinajstić information content (AvgIpc) is 2.30. The lowest BCUT2D eigenvalue weighted by Crippen LogP contribution is -2.27. The molecule has 0 radical (unpaired) electrons. The minimum absolute atomic E-state index is 0.157. The van der Waals surface area contributed by atoms with Crippen LogP contribution in [0.4, 0.5) is 0 Å². The zero-order valence-electron chi connectivity index (χ0n) is 11.7. The molecule has 0 aliphatic carbocycles. The minimum atomic E-state index is 0.157. The Kier molecular flexibility index (Phi) is 8.46. The van der Waals surface area contributed by atoms with Gasteiger partial charge in [0.15, 0.2) is 0 Å². The summed E-state index contributed by atoms with van der Waals surface area (Å²) in [6.45, 7) is 2.84. The molecule has 0 aliphatic heterocycles. The molecule has 0 fully saturated rings. The largest absolute Gasteiger partial charge is 0.349 e. The number of carbonyl (C=O) groups is 2. The van der Waals surface area contributed by atoms with Crippen LogP contribution in [-0.2, 0) is 9.59 Å². The normalized spacial score (nSPS) is 10.1. The van der Waals surface area contributed by atoms with Crippen LogP contribution in [0.5, 0.6) is 0 Å². The van der Waals surface area contributed by atoms with E-state index in [1.165, 1.54) is 0 Å². The summed E-state index contributed by atoms with van der Waals surface area (Å²) in [5.74, 6) is 0.371. The molecule has 0 rings (SSSR count). The van der Waals surface area contributed by atoms with Gasteiger partial charge in [0.1, 0.15) is 0 Å². The maximum absolute atomic E-state index is 11.6. The molecule has 0 N–H and O–H groups in total. The van der Waals surface area contributed by atoms with E-state index in [1.807, 2.05) is 7.05 Å². The summed E-state index contributed by atoms with van der Waals surface area (Å²) in [5, 5.41) is 0. The molecule has 0 aromatic heterocycles. The van der Waals surface area contributed by atoms with Crippen LogP contribution in [0.1, 0.15) is 45.4 Å². The van der Waals surface area contributed by atoms with Gasteiger partial charge in [0.2, 0.25) is 11.8 Å². The van der Waals surface area contributed by atoms with Gasteiger partial charge in [-0.15, -0.1) is 0 Å². The Morgan fingerprint density at radius 2 is 1.47 bits per heavy atom. The van der Waals surface area contributed by atoms with Crippen molar-refractivity contribution in [2.75, 3.05) is 27.7 Å². The first-order chi connectivity index (χ1) is 7.99. The lowest BCUT2D eigenvalue weighted by Gasteiger charge is -2.17. The average molecular weight is 242 g/mol. The van der Waals surface area contributed by atoms with Gasteiger partial charge in [0.05, 0.1) is 0 Å². The number of hydrogen-bond donors (Lipinski definition) is 0. The Bertz CT molecular complexity index is 240. The van der Waals surface area contributed by atoms with Crippen molar-refractivity contribution in [1.82, 2.24) is 9.80 Å². The van der Waals surface area contributed by atoms with Crippen LogP contribution in [0.2, 0.25) is 0 Å². The molecular formula is C13H26N2O2. The number of carbonyl (C=O) groups excluding carboxylic acids is 2. The van der Waals surface area contributed by atoms with E-state index in [1.54, 1.807) is 23.9 Å². The zero-order valence-corrected chi connectivity index (χ0v) is 11.7. The fraction of sp³-hybridized carbons (Fsp3) is 0.846. The van der Waals surface area contributed by atoms with Gasteiger partial charge in [-0.05, 0) is 19.3 Å². The Morgan fingerprint density at radius 3 is 2.00 bits per heavy atom. The SMILES string of the molecule is CCCCC(=O)N(C)CCCCC(=O)N(C)C. The van der Waals surface area contributed by atoms with E-state index in [9.17, 15) is 9.59 Å². The third kappa shape index (κ3) is 7.77. The number of unbranched alkanes of at least 4 members (excludes halogenated alkanes) is 2. The molecule has 0 bridgehead atoms. The summed E-state index contributed by atoms with van der Waals surface area (Å²) >= 11 is 0. The second-order valence-electron chi connectivity index (χ2n) is 4.66. The van der Waals surface area contributed by atoms with Gasteiger partial charge in [-0.25, -0.2) is 0 Å². The Hall–Kier alpha value is -1.06. The highest BCUT2D eigenvalue weighted by atomic mass is 16.2. The molecule has 0 heterocycles. The quantitative estimate of drug-likeness (QED) is 0.610. The van der Waals surface area contributed by atoms with E-state index in [0.29, 0.717) is 12.8 Å². The lowest BCUT2D eigenvalue weighted by molar-refractivity contribution is -0.130. The van der Waals surface area contributed by atoms with Crippen molar-refractivity contribution in [3.8, 4) is 0 Å². The second kappa shape index (κ2) is 9.02. The molecule has 100 valence electrons. The summed E-state index contributed by atoms with van der Waals surface area (Å²) in [5.41, 5.74) is 0. The van der Waals surface area contributed by atoms with E-state index in [4.69, 9.17) is 0 Å². The monoisotopic (exact) mass is 242 g/mol. The second-order valence-corrected chi connectivity index (χ2v) is 4.66. The number of rotatable bonds is 8. The third-order valence-corrected chi connectivity index (χ3v) is 2.80. The summed E-state index contributed by atoms with van der Waals surface area (Å²) in [6.07, 6.45) is 4.98. The van der Waals surface area contributed by atoms with Gasteiger partial charge >= 0.3 is 0 Å². The van der Waals surface area contributed by atoms with Crippen molar-refractivity contribution in [1.29, 1.82) is 0 Å². The van der Waals surface area contributed by atoms with Crippen LogP contribution >= 0.6 is 0 Å². The predicted molar refractivity (Wildman–Crippen MR) is 69.7 cm³/mol.